The minimum Gasteiger partial charge on any atom is -0.457 e. The van der Waals surface area contributed by atoms with Crippen molar-refractivity contribution in [2.24, 2.45) is 0 Å². The third-order valence-corrected chi connectivity index (χ3v) is 4.45. The summed E-state index contributed by atoms with van der Waals surface area (Å²) in [5, 5.41) is 0.662. The van der Waals surface area contributed by atoms with Gasteiger partial charge in [0.1, 0.15) is 17.3 Å². The molecule has 0 saturated heterocycles. The van der Waals surface area contributed by atoms with Crippen LogP contribution in [0.4, 0.5) is 11.8 Å². The highest BCUT2D eigenvalue weighted by Gasteiger charge is 2.15. The van der Waals surface area contributed by atoms with E-state index >= 15 is 0 Å². The van der Waals surface area contributed by atoms with Crippen LogP contribution in [0.2, 0.25) is 5.02 Å². The van der Waals surface area contributed by atoms with Gasteiger partial charge in [0.05, 0.1) is 11.3 Å². The number of nitrogen functional groups attached to an aromatic ring is 2. The predicted molar refractivity (Wildman–Crippen MR) is 113 cm³/mol. The van der Waals surface area contributed by atoms with Gasteiger partial charge in [-0.2, -0.15) is 4.98 Å². The van der Waals surface area contributed by atoms with Gasteiger partial charge < -0.3 is 16.2 Å². The Kier molecular flexibility index (Phi) is 4.83. The summed E-state index contributed by atoms with van der Waals surface area (Å²) in [6.07, 6.45) is 0. The number of ether oxygens (including phenoxy) is 1. The van der Waals surface area contributed by atoms with Gasteiger partial charge in [-0.1, -0.05) is 54.1 Å². The van der Waals surface area contributed by atoms with Crippen molar-refractivity contribution in [3.8, 4) is 33.9 Å². The number of nitrogens with two attached hydrogens (primary N) is 2. The van der Waals surface area contributed by atoms with Crippen molar-refractivity contribution in [1.82, 2.24) is 9.97 Å². The predicted octanol–water partition coefficient (Wildman–Crippen LogP) is 5.42. The third-order valence-electron chi connectivity index (χ3n) is 4.19. The van der Waals surface area contributed by atoms with Gasteiger partial charge in [-0.15, -0.1) is 0 Å². The molecule has 0 aliphatic heterocycles. The monoisotopic (exact) mass is 388 g/mol. The van der Waals surface area contributed by atoms with E-state index in [1.807, 2.05) is 66.7 Å². The summed E-state index contributed by atoms with van der Waals surface area (Å²) >= 11 is 5.91. The highest BCUT2D eigenvalue weighted by molar-refractivity contribution is 6.30. The molecule has 0 aliphatic rings. The molecular weight excluding hydrogens is 372 g/mol. The minimum atomic E-state index is 0.141. The van der Waals surface area contributed by atoms with Crippen LogP contribution in [0.25, 0.3) is 22.4 Å². The first-order valence-electron chi connectivity index (χ1n) is 8.62. The zero-order valence-corrected chi connectivity index (χ0v) is 15.6. The van der Waals surface area contributed by atoms with Crippen molar-refractivity contribution in [3.05, 3.63) is 83.9 Å². The number of aromatic nitrogens is 2. The Morgan fingerprint density at radius 1 is 0.679 bits per heavy atom. The quantitative estimate of drug-likeness (QED) is 0.487. The Labute approximate surface area is 167 Å². The van der Waals surface area contributed by atoms with Crippen molar-refractivity contribution in [1.29, 1.82) is 0 Å². The molecule has 0 atom stereocenters. The zero-order chi connectivity index (χ0) is 19.5. The van der Waals surface area contributed by atoms with E-state index in [-0.39, 0.29) is 5.95 Å². The van der Waals surface area contributed by atoms with Crippen LogP contribution in [0.5, 0.6) is 11.5 Å². The Morgan fingerprint density at radius 2 is 1.29 bits per heavy atom. The lowest BCUT2D eigenvalue weighted by molar-refractivity contribution is 0.483. The molecule has 0 bridgehead atoms. The van der Waals surface area contributed by atoms with Gasteiger partial charge in [0.2, 0.25) is 5.95 Å². The highest BCUT2D eigenvalue weighted by Crippen LogP contribution is 2.36. The van der Waals surface area contributed by atoms with Gasteiger partial charge in [-0.25, -0.2) is 4.98 Å². The SMILES string of the molecule is Nc1nc(N)c(-c2ccc(Oc3ccc(Cl)cc3)cc2)c(-c2ccccc2)n1. The third kappa shape index (κ3) is 3.75. The minimum absolute atomic E-state index is 0.141. The normalized spacial score (nSPS) is 10.6. The zero-order valence-electron chi connectivity index (χ0n) is 14.8. The maximum atomic E-state index is 6.19. The summed E-state index contributed by atoms with van der Waals surface area (Å²) in [6, 6.07) is 24.5. The second-order valence-electron chi connectivity index (χ2n) is 6.14. The number of anilines is 2. The van der Waals surface area contributed by atoms with Gasteiger partial charge in [0.25, 0.3) is 0 Å². The molecule has 4 rings (SSSR count). The van der Waals surface area contributed by atoms with Crippen molar-refractivity contribution < 1.29 is 4.74 Å². The second-order valence-corrected chi connectivity index (χ2v) is 6.57. The number of hydrogen-bond acceptors (Lipinski definition) is 5. The van der Waals surface area contributed by atoms with Gasteiger partial charge in [-0.3, -0.25) is 0 Å². The molecule has 28 heavy (non-hydrogen) atoms. The highest BCUT2D eigenvalue weighted by atomic mass is 35.5. The van der Waals surface area contributed by atoms with Crippen molar-refractivity contribution >= 4 is 23.4 Å². The fourth-order valence-electron chi connectivity index (χ4n) is 2.91. The van der Waals surface area contributed by atoms with Crippen LogP contribution in [0, 0.1) is 0 Å². The number of hydrogen-bond donors (Lipinski definition) is 2. The summed E-state index contributed by atoms with van der Waals surface area (Å²) in [5.41, 5.74) is 15.2. The summed E-state index contributed by atoms with van der Waals surface area (Å²) in [7, 11) is 0. The maximum Gasteiger partial charge on any atom is 0.222 e. The van der Waals surface area contributed by atoms with E-state index in [2.05, 4.69) is 9.97 Å². The Balaban J connectivity index is 1.70. The Hall–Kier alpha value is -3.57. The molecule has 1 aromatic heterocycles. The first-order chi connectivity index (χ1) is 13.6. The Morgan fingerprint density at radius 3 is 1.93 bits per heavy atom. The second kappa shape index (κ2) is 7.58. The van der Waals surface area contributed by atoms with Gasteiger partial charge >= 0.3 is 0 Å². The molecule has 3 aromatic carbocycles. The fourth-order valence-corrected chi connectivity index (χ4v) is 3.04. The van der Waals surface area contributed by atoms with Gasteiger partial charge in [0, 0.05) is 10.6 Å². The van der Waals surface area contributed by atoms with Crippen LogP contribution in [-0.2, 0) is 0 Å². The number of halogens is 1. The molecule has 0 amide bonds. The smallest absolute Gasteiger partial charge is 0.222 e. The molecule has 0 aliphatic carbocycles. The largest absolute Gasteiger partial charge is 0.457 e. The number of benzene rings is 3. The van der Waals surface area contributed by atoms with E-state index in [0.29, 0.717) is 28.0 Å². The fraction of sp³-hybridized carbons (Fsp3) is 0. The molecule has 6 heteroatoms. The molecule has 1 heterocycles. The van der Waals surface area contributed by atoms with Crippen molar-refractivity contribution in [2.75, 3.05) is 11.5 Å². The average molecular weight is 389 g/mol. The Bertz CT molecular complexity index is 1100. The molecule has 0 unspecified atom stereocenters. The van der Waals surface area contributed by atoms with E-state index in [4.69, 9.17) is 27.8 Å². The topological polar surface area (TPSA) is 87.0 Å². The van der Waals surface area contributed by atoms with Crippen molar-refractivity contribution in [2.45, 2.75) is 0 Å². The number of rotatable bonds is 4. The molecular formula is C22H17ClN4O. The molecule has 4 aromatic rings. The van der Waals surface area contributed by atoms with Crippen LogP contribution >= 0.6 is 11.6 Å². The van der Waals surface area contributed by atoms with E-state index in [1.165, 1.54) is 0 Å². The molecule has 0 saturated carbocycles. The molecule has 138 valence electrons. The van der Waals surface area contributed by atoms with Crippen LogP contribution in [0.1, 0.15) is 0 Å². The lowest BCUT2D eigenvalue weighted by Crippen LogP contribution is -2.04. The van der Waals surface area contributed by atoms with E-state index < -0.39 is 0 Å². The summed E-state index contributed by atoms with van der Waals surface area (Å²) < 4.78 is 5.85. The van der Waals surface area contributed by atoms with Crippen LogP contribution in [-0.4, -0.2) is 9.97 Å². The maximum absolute atomic E-state index is 6.19. The molecule has 5 nitrogen and oxygen atoms in total. The first-order valence-corrected chi connectivity index (χ1v) is 9.00. The lowest BCUT2D eigenvalue weighted by Gasteiger charge is -2.13. The molecule has 0 spiro atoms. The lowest BCUT2D eigenvalue weighted by atomic mass is 9.99. The van der Waals surface area contributed by atoms with Gasteiger partial charge in [-0.05, 0) is 42.0 Å². The van der Waals surface area contributed by atoms with Crippen LogP contribution in [0.15, 0.2) is 78.9 Å². The van der Waals surface area contributed by atoms with E-state index in [0.717, 1.165) is 16.7 Å². The van der Waals surface area contributed by atoms with Gasteiger partial charge in [0.15, 0.2) is 0 Å². The number of nitrogens with zero attached hydrogens (tertiary/aromatic N) is 2. The summed E-state index contributed by atoms with van der Waals surface area (Å²) in [6.45, 7) is 0. The van der Waals surface area contributed by atoms with E-state index in [9.17, 15) is 0 Å². The average Bonchev–Trinajstić information content (AvgIpc) is 2.71. The standard InChI is InChI=1S/C22H17ClN4O/c23-16-8-12-18(13-9-16)28-17-10-6-14(7-11-17)19-20(15-4-2-1-3-5-15)26-22(25)27-21(19)24/h1-13H,(H4,24,25,26,27). The molecule has 4 N–H and O–H groups in total. The summed E-state index contributed by atoms with van der Waals surface area (Å²) in [4.78, 5) is 8.56. The van der Waals surface area contributed by atoms with Crippen LogP contribution < -0.4 is 16.2 Å². The molecule has 0 fully saturated rings. The first kappa shape index (κ1) is 17.8. The molecule has 0 radical (unpaired) electrons. The van der Waals surface area contributed by atoms with Crippen molar-refractivity contribution in [3.63, 3.8) is 0 Å². The van der Waals surface area contributed by atoms with E-state index in [1.54, 1.807) is 12.1 Å². The van der Waals surface area contributed by atoms with Crippen LogP contribution in [0.3, 0.4) is 0 Å². The summed E-state index contributed by atoms with van der Waals surface area (Å²) in [5.74, 6) is 1.88.